The van der Waals surface area contributed by atoms with E-state index in [2.05, 4.69) is 35.2 Å². The van der Waals surface area contributed by atoms with Crippen LogP contribution in [0.25, 0.3) is 11.0 Å². The molecule has 5 heteroatoms. The van der Waals surface area contributed by atoms with Crippen LogP contribution in [0, 0.1) is 0 Å². The number of fused-ring (bicyclic) bond motifs is 1. The number of hydrogen-bond donors (Lipinski definition) is 0. The summed E-state index contributed by atoms with van der Waals surface area (Å²) in [5, 5.41) is 0. The van der Waals surface area contributed by atoms with Crippen LogP contribution in [0.4, 0.5) is 0 Å². The first kappa shape index (κ1) is 20.6. The van der Waals surface area contributed by atoms with E-state index in [0.29, 0.717) is 6.54 Å². The van der Waals surface area contributed by atoms with Crippen LogP contribution in [0.5, 0.6) is 11.5 Å². The van der Waals surface area contributed by atoms with Crippen LogP contribution < -0.4 is 10.4 Å². The van der Waals surface area contributed by atoms with Gasteiger partial charge in [0.25, 0.3) is 0 Å². The van der Waals surface area contributed by atoms with Gasteiger partial charge in [-0.25, -0.2) is 4.79 Å². The normalized spacial score (nSPS) is 15.3. The van der Waals surface area contributed by atoms with E-state index < -0.39 is 0 Å². The van der Waals surface area contributed by atoms with E-state index in [-0.39, 0.29) is 11.7 Å². The zero-order valence-electron chi connectivity index (χ0n) is 18.5. The molecule has 0 atom stereocenters. The summed E-state index contributed by atoms with van der Waals surface area (Å²) in [7, 11) is 0. The van der Waals surface area contributed by atoms with Crippen molar-refractivity contribution in [1.82, 2.24) is 14.0 Å². The molecule has 1 aliphatic rings. The van der Waals surface area contributed by atoms with Gasteiger partial charge in [0, 0.05) is 32.2 Å². The SMILES string of the molecule is CCn1c(=O)n(C2CCN(Cc3cccc(Oc4ccccc4)c3)CC2)c2ccccc21. The molecule has 0 saturated carbocycles. The minimum absolute atomic E-state index is 0.123. The number of piperidine rings is 1. The van der Waals surface area contributed by atoms with Gasteiger partial charge in [-0.05, 0) is 61.7 Å². The number of aryl methyl sites for hydroxylation is 1. The van der Waals surface area contributed by atoms with E-state index in [1.54, 1.807) is 0 Å². The molecule has 1 aliphatic heterocycles. The van der Waals surface area contributed by atoms with Gasteiger partial charge in [0.05, 0.1) is 11.0 Å². The number of benzene rings is 3. The number of aromatic nitrogens is 2. The van der Waals surface area contributed by atoms with Gasteiger partial charge in [-0.3, -0.25) is 14.0 Å². The number of rotatable bonds is 6. The van der Waals surface area contributed by atoms with Crippen molar-refractivity contribution in [3.63, 3.8) is 0 Å². The summed E-state index contributed by atoms with van der Waals surface area (Å²) in [6, 6.07) is 26.6. The predicted molar refractivity (Wildman–Crippen MR) is 128 cm³/mol. The van der Waals surface area contributed by atoms with E-state index in [9.17, 15) is 4.79 Å². The number of imidazole rings is 1. The van der Waals surface area contributed by atoms with Crippen molar-refractivity contribution in [2.45, 2.75) is 38.9 Å². The van der Waals surface area contributed by atoms with Crippen LogP contribution in [-0.2, 0) is 13.1 Å². The van der Waals surface area contributed by atoms with E-state index >= 15 is 0 Å². The fourth-order valence-corrected chi connectivity index (χ4v) is 4.82. The lowest BCUT2D eigenvalue weighted by Crippen LogP contribution is -2.37. The largest absolute Gasteiger partial charge is 0.457 e. The zero-order chi connectivity index (χ0) is 21.9. The second-order valence-electron chi connectivity index (χ2n) is 8.46. The second-order valence-corrected chi connectivity index (χ2v) is 8.46. The maximum Gasteiger partial charge on any atom is 0.329 e. The van der Waals surface area contributed by atoms with Gasteiger partial charge in [0.2, 0.25) is 0 Å². The first-order valence-corrected chi connectivity index (χ1v) is 11.5. The van der Waals surface area contributed by atoms with Crippen molar-refractivity contribution in [3.8, 4) is 11.5 Å². The molecule has 1 saturated heterocycles. The molecule has 0 spiro atoms. The topological polar surface area (TPSA) is 39.4 Å². The Bertz CT molecular complexity index is 1250. The third-order valence-electron chi connectivity index (χ3n) is 6.39. The average Bonchev–Trinajstić information content (AvgIpc) is 3.11. The zero-order valence-corrected chi connectivity index (χ0v) is 18.5. The maximum absolute atomic E-state index is 13.1. The van der Waals surface area contributed by atoms with Crippen LogP contribution in [0.2, 0.25) is 0 Å². The summed E-state index contributed by atoms with van der Waals surface area (Å²) < 4.78 is 9.91. The number of likely N-dealkylation sites (tertiary alicyclic amines) is 1. The number of ether oxygens (including phenoxy) is 1. The van der Waals surface area contributed by atoms with Gasteiger partial charge >= 0.3 is 5.69 Å². The van der Waals surface area contributed by atoms with E-state index in [1.165, 1.54) is 5.56 Å². The first-order valence-electron chi connectivity index (χ1n) is 11.5. The first-order chi connectivity index (χ1) is 15.7. The summed E-state index contributed by atoms with van der Waals surface area (Å²) in [5.74, 6) is 1.71. The van der Waals surface area contributed by atoms with Crippen molar-refractivity contribution in [1.29, 1.82) is 0 Å². The van der Waals surface area contributed by atoms with Crippen molar-refractivity contribution in [2.24, 2.45) is 0 Å². The Morgan fingerprint density at radius 3 is 2.28 bits per heavy atom. The molecule has 3 aromatic carbocycles. The molecule has 4 aromatic rings. The highest BCUT2D eigenvalue weighted by atomic mass is 16.5. The Morgan fingerprint density at radius 1 is 0.844 bits per heavy atom. The molecular formula is C27H29N3O2. The van der Waals surface area contributed by atoms with Gasteiger partial charge < -0.3 is 4.74 Å². The van der Waals surface area contributed by atoms with E-state index in [4.69, 9.17) is 4.74 Å². The fourth-order valence-electron chi connectivity index (χ4n) is 4.82. The highest BCUT2D eigenvalue weighted by molar-refractivity contribution is 5.76. The molecule has 164 valence electrons. The molecule has 0 radical (unpaired) electrons. The third-order valence-corrected chi connectivity index (χ3v) is 6.39. The van der Waals surface area contributed by atoms with Crippen LogP contribution >= 0.6 is 0 Å². The Balaban J connectivity index is 1.26. The van der Waals surface area contributed by atoms with Gasteiger partial charge in [0.15, 0.2) is 0 Å². The lowest BCUT2D eigenvalue weighted by atomic mass is 10.0. The van der Waals surface area contributed by atoms with Gasteiger partial charge in [-0.1, -0.05) is 42.5 Å². The number of nitrogens with zero attached hydrogens (tertiary/aromatic N) is 3. The summed E-state index contributed by atoms with van der Waals surface area (Å²) in [6.45, 7) is 5.59. The molecule has 1 aromatic heterocycles. The van der Waals surface area contributed by atoms with Crippen molar-refractivity contribution in [3.05, 3.63) is 94.9 Å². The van der Waals surface area contributed by atoms with E-state index in [0.717, 1.165) is 55.0 Å². The lowest BCUT2D eigenvalue weighted by molar-refractivity contribution is 0.179. The minimum Gasteiger partial charge on any atom is -0.457 e. The average molecular weight is 428 g/mol. The van der Waals surface area contributed by atoms with Crippen LogP contribution in [0.3, 0.4) is 0 Å². The molecule has 0 unspecified atom stereocenters. The quantitative estimate of drug-likeness (QED) is 0.411. The van der Waals surface area contributed by atoms with Gasteiger partial charge in [0.1, 0.15) is 11.5 Å². The number of hydrogen-bond acceptors (Lipinski definition) is 3. The minimum atomic E-state index is 0.123. The molecular weight excluding hydrogens is 398 g/mol. The smallest absolute Gasteiger partial charge is 0.329 e. The summed E-state index contributed by atoms with van der Waals surface area (Å²) in [5.41, 5.74) is 3.47. The van der Waals surface area contributed by atoms with Crippen LogP contribution in [0.15, 0.2) is 83.7 Å². The summed E-state index contributed by atoms with van der Waals surface area (Å²) in [4.78, 5) is 15.6. The Morgan fingerprint density at radius 2 is 1.53 bits per heavy atom. The second kappa shape index (κ2) is 9.05. The summed E-state index contributed by atoms with van der Waals surface area (Å²) in [6.07, 6.45) is 1.97. The van der Waals surface area contributed by atoms with E-state index in [1.807, 2.05) is 64.6 Å². The Hall–Kier alpha value is -3.31. The van der Waals surface area contributed by atoms with Crippen molar-refractivity contribution >= 4 is 11.0 Å². The van der Waals surface area contributed by atoms with Crippen LogP contribution in [-0.4, -0.2) is 27.1 Å². The van der Waals surface area contributed by atoms with Crippen molar-refractivity contribution in [2.75, 3.05) is 13.1 Å². The number of para-hydroxylation sites is 3. The Kier molecular flexibility index (Phi) is 5.82. The maximum atomic E-state index is 13.1. The van der Waals surface area contributed by atoms with Gasteiger partial charge in [-0.15, -0.1) is 0 Å². The molecule has 5 nitrogen and oxygen atoms in total. The lowest BCUT2D eigenvalue weighted by Gasteiger charge is -2.32. The molecule has 32 heavy (non-hydrogen) atoms. The van der Waals surface area contributed by atoms with Gasteiger partial charge in [-0.2, -0.15) is 0 Å². The summed E-state index contributed by atoms with van der Waals surface area (Å²) >= 11 is 0. The van der Waals surface area contributed by atoms with Crippen LogP contribution in [0.1, 0.15) is 31.4 Å². The third kappa shape index (κ3) is 4.08. The molecule has 5 rings (SSSR count). The Labute approximate surface area is 188 Å². The highest BCUT2D eigenvalue weighted by Gasteiger charge is 2.25. The monoisotopic (exact) mass is 427 g/mol. The highest BCUT2D eigenvalue weighted by Crippen LogP contribution is 2.28. The predicted octanol–water partition coefficient (Wildman–Crippen LogP) is 5.45. The molecule has 0 bridgehead atoms. The molecule has 0 aliphatic carbocycles. The molecule has 0 N–H and O–H groups in total. The fraction of sp³-hybridized carbons (Fsp3) is 0.296. The molecule has 0 amide bonds. The molecule has 2 heterocycles. The van der Waals surface area contributed by atoms with Crippen molar-refractivity contribution < 1.29 is 4.74 Å². The standard InChI is InChI=1S/C27H29N3O2/c1-2-29-25-13-6-7-14-26(25)30(27(29)31)22-15-17-28(18-16-22)20-21-9-8-12-24(19-21)32-23-10-4-3-5-11-23/h3-14,19,22H,2,15-18,20H2,1H3. The molecule has 1 fully saturated rings.